The highest BCUT2D eigenvalue weighted by Gasteiger charge is 2.10. The van der Waals surface area contributed by atoms with Crippen molar-refractivity contribution in [1.82, 2.24) is 0 Å². The number of halogens is 3. The molecule has 0 aliphatic heterocycles. The topological polar surface area (TPSA) is 29.1 Å². The van der Waals surface area contributed by atoms with Crippen molar-refractivity contribution in [2.75, 3.05) is 5.32 Å². The van der Waals surface area contributed by atoms with Gasteiger partial charge in [0, 0.05) is 10.0 Å². The molecule has 98 valence electrons. The fourth-order valence-electron chi connectivity index (χ4n) is 1.65. The highest BCUT2D eigenvalue weighted by atomic mass is 79.9. The predicted molar refractivity (Wildman–Crippen MR) is 78.2 cm³/mol. The number of anilines is 1. The summed E-state index contributed by atoms with van der Waals surface area (Å²) in [6.07, 6.45) is 0. The molecule has 0 radical (unpaired) electrons. The maximum Gasteiger partial charge on any atom is 0.255 e. The lowest BCUT2D eigenvalue weighted by atomic mass is 10.1. The molecule has 0 unspecified atom stereocenters. The molecule has 2 aromatic carbocycles. The minimum atomic E-state index is -0.443. The van der Waals surface area contributed by atoms with Crippen molar-refractivity contribution < 1.29 is 9.18 Å². The maximum absolute atomic E-state index is 12.9. The molecule has 2 rings (SSSR count). The zero-order valence-corrected chi connectivity index (χ0v) is 12.3. The number of carbonyl (C=O) groups is 1. The Kier molecular flexibility index (Phi) is 4.22. The second-order valence-electron chi connectivity index (χ2n) is 4.10. The van der Waals surface area contributed by atoms with Gasteiger partial charge in [-0.1, -0.05) is 27.5 Å². The molecule has 5 heteroatoms. The van der Waals surface area contributed by atoms with E-state index in [4.69, 9.17) is 11.6 Å². The van der Waals surface area contributed by atoms with Crippen molar-refractivity contribution in [2.24, 2.45) is 0 Å². The summed E-state index contributed by atoms with van der Waals surface area (Å²) in [5.41, 5.74) is 1.85. The molecule has 0 atom stereocenters. The minimum absolute atomic E-state index is 0.167. The Balaban J connectivity index is 2.25. The largest absolute Gasteiger partial charge is 0.321 e. The molecule has 0 fully saturated rings. The van der Waals surface area contributed by atoms with Crippen LogP contribution in [0.25, 0.3) is 0 Å². The van der Waals surface area contributed by atoms with Gasteiger partial charge in [0.25, 0.3) is 5.91 Å². The van der Waals surface area contributed by atoms with Crippen LogP contribution in [0.5, 0.6) is 0 Å². The van der Waals surface area contributed by atoms with Gasteiger partial charge in [-0.3, -0.25) is 4.79 Å². The summed E-state index contributed by atoms with van der Waals surface area (Å²) in [5, 5.41) is 2.82. The van der Waals surface area contributed by atoms with Crippen molar-refractivity contribution in [3.8, 4) is 0 Å². The lowest BCUT2D eigenvalue weighted by Gasteiger charge is -2.08. The summed E-state index contributed by atoms with van der Waals surface area (Å²) < 4.78 is 13.7. The molecule has 0 spiro atoms. The summed E-state index contributed by atoms with van der Waals surface area (Å²) >= 11 is 9.19. The van der Waals surface area contributed by atoms with Crippen molar-refractivity contribution >= 4 is 39.1 Å². The van der Waals surface area contributed by atoms with Crippen molar-refractivity contribution in [1.29, 1.82) is 0 Å². The first-order valence-electron chi connectivity index (χ1n) is 5.49. The standard InChI is InChI=1S/C14H10BrClFNO/c1-8-4-9(6-10(15)5-8)14(19)18-13-3-2-11(17)7-12(13)16/h2-7H,1H3,(H,18,19). The molecule has 2 aromatic rings. The molecule has 1 N–H and O–H groups in total. The van der Waals surface area contributed by atoms with E-state index in [1.165, 1.54) is 12.1 Å². The second kappa shape index (κ2) is 5.72. The van der Waals surface area contributed by atoms with Gasteiger partial charge in [-0.2, -0.15) is 0 Å². The Morgan fingerprint density at radius 2 is 2.00 bits per heavy atom. The molecule has 0 bridgehead atoms. The first kappa shape index (κ1) is 14.0. The number of carbonyl (C=O) groups excluding carboxylic acids is 1. The van der Waals surface area contributed by atoms with Crippen molar-refractivity contribution in [3.63, 3.8) is 0 Å². The Hall–Kier alpha value is -1.39. The van der Waals surface area contributed by atoms with Crippen LogP contribution in [0, 0.1) is 12.7 Å². The smallest absolute Gasteiger partial charge is 0.255 e. The van der Waals surface area contributed by atoms with Gasteiger partial charge in [0.05, 0.1) is 10.7 Å². The van der Waals surface area contributed by atoms with Gasteiger partial charge in [-0.25, -0.2) is 4.39 Å². The lowest BCUT2D eigenvalue weighted by molar-refractivity contribution is 0.102. The number of amides is 1. The Bertz CT molecular complexity index is 625. The molecule has 1 amide bonds. The molecule has 2 nitrogen and oxygen atoms in total. The summed E-state index contributed by atoms with van der Waals surface area (Å²) in [6, 6.07) is 9.20. The van der Waals surface area contributed by atoms with Crippen LogP contribution in [0.15, 0.2) is 40.9 Å². The van der Waals surface area contributed by atoms with Crippen molar-refractivity contribution in [3.05, 3.63) is 62.8 Å². The zero-order chi connectivity index (χ0) is 14.0. The lowest BCUT2D eigenvalue weighted by Crippen LogP contribution is -2.12. The van der Waals surface area contributed by atoms with Crippen LogP contribution < -0.4 is 5.32 Å². The van der Waals surface area contributed by atoms with Gasteiger partial charge in [0.1, 0.15) is 5.82 Å². The van der Waals surface area contributed by atoms with Gasteiger partial charge in [0.2, 0.25) is 0 Å². The molecule has 0 heterocycles. The predicted octanol–water partition coefficient (Wildman–Crippen LogP) is 4.80. The van der Waals surface area contributed by atoms with Crippen LogP contribution in [0.4, 0.5) is 10.1 Å². The van der Waals surface area contributed by atoms with Crippen LogP contribution in [-0.4, -0.2) is 5.91 Å². The highest BCUT2D eigenvalue weighted by molar-refractivity contribution is 9.10. The van der Waals surface area contributed by atoms with E-state index in [-0.39, 0.29) is 10.9 Å². The summed E-state index contributed by atoms with van der Waals surface area (Å²) in [5.74, 6) is -0.737. The van der Waals surface area contributed by atoms with E-state index in [1.807, 2.05) is 13.0 Å². The molecule has 0 saturated heterocycles. The number of aryl methyl sites for hydroxylation is 1. The first-order chi connectivity index (χ1) is 8.95. The van der Waals surface area contributed by atoms with Crippen LogP contribution in [0.2, 0.25) is 5.02 Å². The number of rotatable bonds is 2. The van der Waals surface area contributed by atoms with Crippen LogP contribution in [-0.2, 0) is 0 Å². The average Bonchev–Trinajstić information content (AvgIpc) is 2.31. The molecular weight excluding hydrogens is 333 g/mol. The molecular formula is C14H10BrClFNO. The Morgan fingerprint density at radius 1 is 1.26 bits per heavy atom. The molecule has 0 aliphatic carbocycles. The quantitative estimate of drug-likeness (QED) is 0.834. The normalized spacial score (nSPS) is 10.3. The zero-order valence-electron chi connectivity index (χ0n) is 10.0. The van der Waals surface area contributed by atoms with Crippen LogP contribution in [0.3, 0.4) is 0 Å². The van der Waals surface area contributed by atoms with Gasteiger partial charge in [0.15, 0.2) is 0 Å². The fourth-order valence-corrected chi connectivity index (χ4v) is 2.47. The number of hydrogen-bond acceptors (Lipinski definition) is 1. The molecule has 0 aliphatic rings. The third kappa shape index (κ3) is 3.55. The Morgan fingerprint density at radius 3 is 2.63 bits per heavy atom. The van der Waals surface area contributed by atoms with E-state index >= 15 is 0 Å². The van der Waals surface area contributed by atoms with E-state index in [1.54, 1.807) is 12.1 Å². The third-order valence-corrected chi connectivity index (χ3v) is 3.25. The van der Waals surface area contributed by atoms with E-state index in [0.717, 1.165) is 16.1 Å². The van der Waals surface area contributed by atoms with Gasteiger partial charge in [-0.15, -0.1) is 0 Å². The van der Waals surface area contributed by atoms with Crippen molar-refractivity contribution in [2.45, 2.75) is 6.92 Å². The van der Waals surface area contributed by atoms with E-state index in [9.17, 15) is 9.18 Å². The molecule has 0 aromatic heterocycles. The van der Waals surface area contributed by atoms with E-state index < -0.39 is 5.82 Å². The van der Waals surface area contributed by atoms with E-state index in [2.05, 4.69) is 21.2 Å². The number of hydrogen-bond donors (Lipinski definition) is 1. The second-order valence-corrected chi connectivity index (χ2v) is 5.42. The Labute approximate surface area is 123 Å². The summed E-state index contributed by atoms with van der Waals surface area (Å²) in [4.78, 5) is 12.1. The van der Waals surface area contributed by atoms with Gasteiger partial charge < -0.3 is 5.32 Å². The maximum atomic E-state index is 12.9. The molecule has 19 heavy (non-hydrogen) atoms. The molecule has 0 saturated carbocycles. The van der Waals surface area contributed by atoms with Crippen LogP contribution >= 0.6 is 27.5 Å². The van der Waals surface area contributed by atoms with Gasteiger partial charge >= 0.3 is 0 Å². The monoisotopic (exact) mass is 341 g/mol. The SMILES string of the molecule is Cc1cc(Br)cc(C(=O)Nc2ccc(F)cc2Cl)c1. The van der Waals surface area contributed by atoms with Gasteiger partial charge in [-0.05, 0) is 48.9 Å². The highest BCUT2D eigenvalue weighted by Crippen LogP contribution is 2.23. The summed E-state index contributed by atoms with van der Waals surface area (Å²) in [6.45, 7) is 1.90. The fraction of sp³-hybridized carbons (Fsp3) is 0.0714. The van der Waals surface area contributed by atoms with E-state index in [0.29, 0.717) is 11.3 Å². The average molecular weight is 343 g/mol. The summed E-state index contributed by atoms with van der Waals surface area (Å²) in [7, 11) is 0. The number of benzene rings is 2. The minimum Gasteiger partial charge on any atom is -0.321 e. The van der Waals surface area contributed by atoms with Crippen LogP contribution in [0.1, 0.15) is 15.9 Å². The third-order valence-electron chi connectivity index (χ3n) is 2.48. The number of nitrogens with one attached hydrogen (secondary N) is 1. The first-order valence-corrected chi connectivity index (χ1v) is 6.66.